The highest BCUT2D eigenvalue weighted by Gasteiger charge is 2.08. The number of H-pyrrole nitrogens is 1. The Hall–Kier alpha value is -1.66. The van der Waals surface area contributed by atoms with Crippen LogP contribution in [0.2, 0.25) is 0 Å². The lowest BCUT2D eigenvalue weighted by atomic mass is 10.2. The van der Waals surface area contributed by atoms with Gasteiger partial charge in [-0.2, -0.15) is 5.10 Å². The van der Waals surface area contributed by atoms with Crippen LogP contribution in [-0.2, 0) is 0 Å². The second-order valence-electron chi connectivity index (χ2n) is 4.28. The van der Waals surface area contributed by atoms with E-state index in [2.05, 4.69) is 47.4 Å². The Morgan fingerprint density at radius 1 is 1.10 bits per heavy atom. The highest BCUT2D eigenvalue weighted by Crippen LogP contribution is 2.22. The number of hydrogen-bond donors (Lipinski definition) is 2. The van der Waals surface area contributed by atoms with Crippen LogP contribution in [0.5, 0.6) is 0 Å². The van der Waals surface area contributed by atoms with Gasteiger partial charge in [0.05, 0.1) is 11.7 Å². The van der Waals surface area contributed by atoms with Gasteiger partial charge in [-0.15, -0.1) is 0 Å². The van der Waals surface area contributed by atoms with Crippen molar-refractivity contribution < 1.29 is 4.79 Å². The molecule has 2 N–H and O–H groups in total. The third-order valence-corrected chi connectivity index (χ3v) is 3.74. The van der Waals surface area contributed by atoms with Gasteiger partial charge in [0.25, 0.3) is 5.91 Å². The van der Waals surface area contributed by atoms with Crippen molar-refractivity contribution in [3.63, 3.8) is 0 Å². The van der Waals surface area contributed by atoms with Gasteiger partial charge in [-0.1, -0.05) is 31.9 Å². The van der Waals surface area contributed by atoms with Crippen molar-refractivity contribution >= 4 is 54.4 Å². The number of nitrogens with one attached hydrogen (secondary N) is 2. The first-order valence-corrected chi connectivity index (χ1v) is 7.41. The van der Waals surface area contributed by atoms with Crippen molar-refractivity contribution in [3.8, 4) is 0 Å². The molecule has 3 aromatic rings. The van der Waals surface area contributed by atoms with Crippen molar-refractivity contribution in [3.05, 3.63) is 57.1 Å². The molecule has 3 rings (SSSR count). The fourth-order valence-electron chi connectivity index (χ4n) is 1.90. The van der Waals surface area contributed by atoms with E-state index in [4.69, 9.17) is 0 Å². The number of amides is 1. The predicted octanol–water partition coefficient (Wildman–Crippen LogP) is 4.34. The molecule has 0 unspecified atom stereocenters. The van der Waals surface area contributed by atoms with E-state index in [9.17, 15) is 4.79 Å². The molecule has 0 fully saturated rings. The molecular formula is C14H9Br2N3O. The van der Waals surface area contributed by atoms with E-state index in [1.807, 2.05) is 24.3 Å². The molecule has 1 aromatic heterocycles. The molecular weight excluding hydrogens is 386 g/mol. The standard InChI is InChI=1S/C14H9Br2N3O/c15-10-3-9(4-11(16)5-10)14(20)18-12-2-1-8-7-17-19-13(8)6-12/h1-7H,(H,17,19)(H,18,20). The van der Waals surface area contributed by atoms with Crippen LogP contribution in [-0.4, -0.2) is 16.1 Å². The number of halogens is 2. The van der Waals surface area contributed by atoms with Crippen LogP contribution in [0.3, 0.4) is 0 Å². The van der Waals surface area contributed by atoms with Crippen LogP contribution < -0.4 is 5.32 Å². The van der Waals surface area contributed by atoms with Gasteiger partial charge in [0, 0.05) is 25.6 Å². The maximum atomic E-state index is 12.2. The average Bonchev–Trinajstić information content (AvgIpc) is 2.85. The Morgan fingerprint density at radius 2 is 1.85 bits per heavy atom. The van der Waals surface area contributed by atoms with Crippen LogP contribution in [0.1, 0.15) is 10.4 Å². The average molecular weight is 395 g/mol. The maximum absolute atomic E-state index is 12.2. The first-order valence-electron chi connectivity index (χ1n) is 5.82. The summed E-state index contributed by atoms with van der Waals surface area (Å²) in [7, 11) is 0. The lowest BCUT2D eigenvalue weighted by molar-refractivity contribution is 0.102. The summed E-state index contributed by atoms with van der Waals surface area (Å²) in [6, 6.07) is 11.0. The highest BCUT2D eigenvalue weighted by molar-refractivity contribution is 9.11. The molecule has 0 bridgehead atoms. The number of aromatic amines is 1. The lowest BCUT2D eigenvalue weighted by Crippen LogP contribution is -2.11. The van der Waals surface area contributed by atoms with Gasteiger partial charge >= 0.3 is 0 Å². The van der Waals surface area contributed by atoms with E-state index in [1.165, 1.54) is 0 Å². The molecule has 20 heavy (non-hydrogen) atoms. The van der Waals surface area contributed by atoms with Gasteiger partial charge in [-0.25, -0.2) is 0 Å². The second kappa shape index (κ2) is 5.38. The minimum atomic E-state index is -0.161. The van der Waals surface area contributed by atoms with Gasteiger partial charge < -0.3 is 5.32 Å². The summed E-state index contributed by atoms with van der Waals surface area (Å²) in [5.41, 5.74) is 2.19. The molecule has 1 heterocycles. The summed E-state index contributed by atoms with van der Waals surface area (Å²) < 4.78 is 1.70. The molecule has 6 heteroatoms. The molecule has 100 valence electrons. The van der Waals surface area contributed by atoms with E-state index in [0.29, 0.717) is 5.56 Å². The van der Waals surface area contributed by atoms with Crippen molar-refractivity contribution in [2.24, 2.45) is 0 Å². The fraction of sp³-hybridized carbons (Fsp3) is 0. The Kier molecular flexibility index (Phi) is 3.58. The van der Waals surface area contributed by atoms with Crippen LogP contribution in [0.15, 0.2) is 51.5 Å². The van der Waals surface area contributed by atoms with Gasteiger partial charge in [-0.3, -0.25) is 9.89 Å². The predicted molar refractivity (Wildman–Crippen MR) is 85.9 cm³/mol. The van der Waals surface area contributed by atoms with Crippen molar-refractivity contribution in [2.45, 2.75) is 0 Å². The first-order chi connectivity index (χ1) is 9.61. The number of benzene rings is 2. The SMILES string of the molecule is O=C(Nc1ccc2cn[nH]c2c1)c1cc(Br)cc(Br)c1. The van der Waals surface area contributed by atoms with Gasteiger partial charge in [0.2, 0.25) is 0 Å². The summed E-state index contributed by atoms with van der Waals surface area (Å²) in [5, 5.41) is 10.7. The van der Waals surface area contributed by atoms with Crippen LogP contribution in [0.25, 0.3) is 10.9 Å². The third kappa shape index (κ3) is 2.76. The molecule has 0 spiro atoms. The van der Waals surface area contributed by atoms with Crippen LogP contribution in [0.4, 0.5) is 5.69 Å². The summed E-state index contributed by atoms with van der Waals surface area (Å²) in [5.74, 6) is -0.161. The normalized spacial score (nSPS) is 10.7. The fourth-order valence-corrected chi connectivity index (χ4v) is 3.20. The topological polar surface area (TPSA) is 57.8 Å². The van der Waals surface area contributed by atoms with E-state index in [1.54, 1.807) is 18.3 Å². The zero-order chi connectivity index (χ0) is 14.1. The molecule has 0 saturated heterocycles. The van der Waals surface area contributed by atoms with Crippen molar-refractivity contribution in [1.82, 2.24) is 10.2 Å². The van der Waals surface area contributed by atoms with E-state index < -0.39 is 0 Å². The highest BCUT2D eigenvalue weighted by atomic mass is 79.9. The van der Waals surface area contributed by atoms with Gasteiger partial charge in [-0.05, 0) is 36.4 Å². The zero-order valence-electron chi connectivity index (χ0n) is 10.2. The monoisotopic (exact) mass is 393 g/mol. The third-order valence-electron chi connectivity index (χ3n) is 2.82. The number of hydrogen-bond acceptors (Lipinski definition) is 2. The largest absolute Gasteiger partial charge is 0.322 e. The molecule has 0 atom stereocenters. The Labute approximate surface area is 131 Å². The summed E-state index contributed by atoms with van der Waals surface area (Å²) in [6.07, 6.45) is 1.74. The quantitative estimate of drug-likeness (QED) is 0.679. The minimum absolute atomic E-state index is 0.161. The molecule has 0 radical (unpaired) electrons. The zero-order valence-corrected chi connectivity index (χ0v) is 13.3. The summed E-state index contributed by atoms with van der Waals surface area (Å²) >= 11 is 6.74. The smallest absolute Gasteiger partial charge is 0.255 e. The number of rotatable bonds is 2. The number of aromatic nitrogens is 2. The van der Waals surface area contributed by atoms with Gasteiger partial charge in [0.15, 0.2) is 0 Å². The van der Waals surface area contributed by atoms with Crippen molar-refractivity contribution in [1.29, 1.82) is 0 Å². The summed E-state index contributed by atoms with van der Waals surface area (Å²) in [6.45, 7) is 0. The van der Waals surface area contributed by atoms with E-state index in [0.717, 1.165) is 25.5 Å². The number of nitrogens with zero attached hydrogens (tertiary/aromatic N) is 1. The molecule has 2 aromatic carbocycles. The van der Waals surface area contributed by atoms with Gasteiger partial charge in [0.1, 0.15) is 0 Å². The number of carbonyl (C=O) groups is 1. The molecule has 4 nitrogen and oxygen atoms in total. The first kappa shape index (κ1) is 13.3. The molecule has 0 aliphatic rings. The lowest BCUT2D eigenvalue weighted by Gasteiger charge is -2.06. The molecule has 0 aliphatic heterocycles. The molecule has 1 amide bonds. The van der Waals surface area contributed by atoms with Crippen LogP contribution in [0, 0.1) is 0 Å². The van der Waals surface area contributed by atoms with E-state index >= 15 is 0 Å². The maximum Gasteiger partial charge on any atom is 0.255 e. The minimum Gasteiger partial charge on any atom is -0.322 e. The Balaban J connectivity index is 1.87. The molecule has 0 saturated carbocycles. The second-order valence-corrected chi connectivity index (χ2v) is 6.12. The van der Waals surface area contributed by atoms with E-state index in [-0.39, 0.29) is 5.91 Å². The number of fused-ring (bicyclic) bond motifs is 1. The Bertz CT molecular complexity index is 778. The van der Waals surface area contributed by atoms with Crippen molar-refractivity contribution in [2.75, 3.05) is 5.32 Å². The summed E-state index contributed by atoms with van der Waals surface area (Å²) in [4.78, 5) is 12.2. The number of carbonyl (C=O) groups excluding carboxylic acids is 1. The van der Waals surface area contributed by atoms with Crippen LogP contribution >= 0.6 is 31.9 Å². The molecule has 0 aliphatic carbocycles. The Morgan fingerprint density at radius 3 is 2.60 bits per heavy atom. The number of anilines is 1.